The van der Waals surface area contributed by atoms with Crippen LogP contribution in [-0.4, -0.2) is 59.5 Å². The summed E-state index contributed by atoms with van der Waals surface area (Å²) in [5.74, 6) is -4.29. The van der Waals surface area contributed by atoms with Crippen LogP contribution in [0.4, 0.5) is 22.0 Å². The van der Waals surface area contributed by atoms with Crippen LogP contribution in [0, 0.1) is 18.6 Å². The molecule has 1 aliphatic rings. The van der Waals surface area contributed by atoms with Crippen molar-refractivity contribution in [1.29, 1.82) is 0 Å². The minimum Gasteiger partial charge on any atom is -0.383 e. The number of methoxy groups -OCH3 is 1. The van der Waals surface area contributed by atoms with Crippen molar-refractivity contribution in [3.05, 3.63) is 135 Å². The number of fused-ring (bicyclic) bond motifs is 1. The third-order valence-corrected chi connectivity index (χ3v) is 9.25. The fourth-order valence-electron chi connectivity index (χ4n) is 5.73. The van der Waals surface area contributed by atoms with Crippen molar-refractivity contribution in [2.24, 2.45) is 0 Å². The third-order valence-electron chi connectivity index (χ3n) is 8.42. The van der Waals surface area contributed by atoms with Gasteiger partial charge in [0.1, 0.15) is 6.54 Å². The number of pyridine rings is 1. The number of hydrogen-bond donors (Lipinski definition) is 0. The number of benzene rings is 4. The minimum atomic E-state index is -4.62. The van der Waals surface area contributed by atoms with Gasteiger partial charge >= 0.3 is 6.18 Å². The summed E-state index contributed by atoms with van der Waals surface area (Å²) in [4.78, 5) is 30.6. The van der Waals surface area contributed by atoms with Gasteiger partial charge in [-0.3, -0.25) is 9.59 Å². The number of carbonyl (C=O) groups is 1. The summed E-state index contributed by atoms with van der Waals surface area (Å²) in [7, 11) is -3.36. The van der Waals surface area contributed by atoms with E-state index in [1.807, 2.05) is 0 Å². The van der Waals surface area contributed by atoms with Crippen LogP contribution in [0.5, 0.6) is 0 Å². The molecule has 6 rings (SSSR count). The van der Waals surface area contributed by atoms with Gasteiger partial charge in [-0.2, -0.15) is 13.2 Å². The molecule has 1 aromatic heterocycles. The second-order valence-electron chi connectivity index (χ2n) is 11.9. The van der Waals surface area contributed by atoms with Crippen LogP contribution in [0.2, 0.25) is 0 Å². The first kappa shape index (κ1) is 23.3. The standard InChI is InChI=1S/C41H40F5N3O3S/c1-27-6-15-36-34(22-27)37(50)23-39(53-26-31-4-3-5-35(42)40(31)43)49(36)25-38(51)48(33-16-18-47(19-17-33)20-21-52-2)24-28-7-9-29(10-8-28)30-11-13-32(14-12-30)41(44,45)46/h3-15,22-23,33H,16-21,24-26H2,1-2H3/i2D3,6D,15D,20D2,21D2,22D,23D,24D2,26D2. The maximum atomic E-state index is 15.1. The van der Waals surface area contributed by atoms with Crippen LogP contribution < -0.4 is 5.43 Å². The van der Waals surface area contributed by atoms with Crippen molar-refractivity contribution >= 4 is 28.6 Å². The number of thioether (sulfide) groups is 1. The molecule has 278 valence electrons. The van der Waals surface area contributed by atoms with Gasteiger partial charge in [0.15, 0.2) is 17.1 Å². The van der Waals surface area contributed by atoms with Crippen molar-refractivity contribution in [3.8, 4) is 11.1 Å². The molecule has 53 heavy (non-hydrogen) atoms. The highest BCUT2D eigenvalue weighted by Gasteiger charge is 2.31. The predicted molar refractivity (Wildman–Crippen MR) is 198 cm³/mol. The molecule has 0 radical (unpaired) electrons. The zero-order chi connectivity index (χ0) is 50.9. The Balaban J connectivity index is 1.49. The molecule has 0 aliphatic carbocycles. The van der Waals surface area contributed by atoms with Gasteiger partial charge in [0.2, 0.25) is 5.91 Å². The van der Waals surface area contributed by atoms with Crippen LogP contribution in [0.25, 0.3) is 22.0 Å². The van der Waals surface area contributed by atoms with E-state index in [-0.39, 0.29) is 35.7 Å². The average Bonchev–Trinajstić information content (AvgIpc) is 3.24. The number of ether oxygens (including phenoxy) is 1. The Kier molecular flexibility index (Phi) is 7.32. The van der Waals surface area contributed by atoms with Crippen molar-refractivity contribution in [2.45, 2.75) is 55.8 Å². The zero-order valence-corrected chi connectivity index (χ0v) is 28.6. The summed E-state index contributed by atoms with van der Waals surface area (Å²) >= 11 is -0.0337. The van der Waals surface area contributed by atoms with E-state index in [4.69, 9.17) is 17.8 Å². The second kappa shape index (κ2) is 16.7. The molecule has 2 heterocycles. The smallest absolute Gasteiger partial charge is 0.383 e. The van der Waals surface area contributed by atoms with Gasteiger partial charge in [-0.05, 0) is 66.7 Å². The molecular formula is C41H40F5N3O3S. The lowest BCUT2D eigenvalue weighted by Crippen LogP contribution is -2.48. The molecule has 1 fully saturated rings. The average molecular weight is 765 g/mol. The Bertz CT molecular complexity index is 2800. The third kappa shape index (κ3) is 9.17. The molecular weight excluding hydrogens is 710 g/mol. The van der Waals surface area contributed by atoms with Gasteiger partial charge in [0.25, 0.3) is 0 Å². The second-order valence-corrected chi connectivity index (χ2v) is 12.7. The number of hydrogen-bond acceptors (Lipinski definition) is 5. The van der Waals surface area contributed by atoms with Crippen LogP contribution in [-0.2, 0) is 34.5 Å². The van der Waals surface area contributed by atoms with Gasteiger partial charge in [-0.25, -0.2) is 8.78 Å². The summed E-state index contributed by atoms with van der Waals surface area (Å²) in [5, 5.41) is -1.40. The summed E-state index contributed by atoms with van der Waals surface area (Å²) in [5.41, 5.74) is -6.45. The maximum absolute atomic E-state index is 15.1. The largest absolute Gasteiger partial charge is 0.416 e. The number of amides is 1. The van der Waals surface area contributed by atoms with E-state index in [1.54, 1.807) is 0 Å². The van der Waals surface area contributed by atoms with E-state index >= 15 is 9.18 Å². The molecule has 1 aliphatic heterocycles. The van der Waals surface area contributed by atoms with Crippen LogP contribution in [0.3, 0.4) is 0 Å². The molecule has 0 N–H and O–H groups in total. The van der Waals surface area contributed by atoms with E-state index < -0.39 is 138 Å². The van der Waals surface area contributed by atoms with Crippen molar-refractivity contribution in [1.82, 2.24) is 14.4 Å². The van der Waals surface area contributed by atoms with Gasteiger partial charge in [-0.15, -0.1) is 11.8 Å². The fraction of sp³-hybridized carbons (Fsp3) is 0.317. The van der Waals surface area contributed by atoms with Gasteiger partial charge < -0.3 is 19.1 Å². The van der Waals surface area contributed by atoms with Gasteiger partial charge in [0, 0.05) is 67.3 Å². The van der Waals surface area contributed by atoms with Crippen LogP contribution in [0.1, 0.15) is 55.7 Å². The number of halogens is 5. The van der Waals surface area contributed by atoms with E-state index in [0.29, 0.717) is 22.1 Å². The predicted octanol–water partition coefficient (Wildman–Crippen LogP) is 8.71. The summed E-state index contributed by atoms with van der Waals surface area (Å²) in [6.45, 7) is -10.2. The molecule has 1 saturated heterocycles. The lowest BCUT2D eigenvalue weighted by molar-refractivity contribution is -0.137. The van der Waals surface area contributed by atoms with E-state index in [0.717, 1.165) is 33.7 Å². The molecule has 4 aromatic carbocycles. The lowest BCUT2D eigenvalue weighted by Gasteiger charge is -2.39. The van der Waals surface area contributed by atoms with Crippen molar-refractivity contribution in [2.75, 3.05) is 33.2 Å². The Labute approximate surface area is 330 Å². The highest BCUT2D eigenvalue weighted by molar-refractivity contribution is 7.98. The molecule has 0 saturated carbocycles. The summed E-state index contributed by atoms with van der Waals surface area (Å²) in [6, 6.07) is 7.61. The molecule has 1 amide bonds. The Morgan fingerprint density at radius 1 is 1.02 bits per heavy atom. The topological polar surface area (TPSA) is 54.8 Å². The van der Waals surface area contributed by atoms with E-state index in [9.17, 15) is 25.1 Å². The number of alkyl halides is 3. The quantitative estimate of drug-likeness (QED) is 0.0941. The highest BCUT2D eigenvalue weighted by Crippen LogP contribution is 2.32. The van der Waals surface area contributed by atoms with Gasteiger partial charge in [0.05, 0.1) is 37.7 Å². The first-order valence-electron chi connectivity index (χ1n) is 23.6. The Hall–Kier alpha value is -4.52. The summed E-state index contributed by atoms with van der Waals surface area (Å²) < 4.78 is 202. The number of carbonyl (C=O) groups excluding carboxylic acids is 1. The van der Waals surface area contributed by atoms with Crippen molar-refractivity contribution < 1.29 is 52.0 Å². The SMILES string of the molecule is [2H]c1c(C)c([2H])c2c(=O)c([2H])c(SC([2H])([2H])c3cccc(F)c3F)n(CC(=O)N(C3CCN(C([2H])([2H])C([2H])([2H])OC([2H])([2H])[2H])CC3)C([2H])([2H])c3ccc(-c4ccc(C(F)(F)F)cc4)cc3)c2c1[2H]. The summed E-state index contributed by atoms with van der Waals surface area (Å²) in [6.07, 6.45) is -5.27. The number of piperidine rings is 1. The minimum absolute atomic E-state index is 0.0337. The molecule has 0 atom stereocenters. The maximum Gasteiger partial charge on any atom is 0.416 e. The number of nitrogens with zero attached hydrogens (tertiary/aromatic N) is 3. The van der Waals surface area contributed by atoms with Crippen LogP contribution in [0.15, 0.2) is 101 Å². The lowest BCUT2D eigenvalue weighted by atomic mass is 10.00. The monoisotopic (exact) mass is 764 g/mol. The Morgan fingerprint density at radius 3 is 2.40 bits per heavy atom. The molecule has 5 aromatic rings. The molecule has 12 heteroatoms. The zero-order valence-electron chi connectivity index (χ0n) is 42.8. The van der Waals surface area contributed by atoms with E-state index in [2.05, 4.69) is 4.74 Å². The molecule has 0 unspecified atom stereocenters. The normalized spacial score (nSPS) is 19.6. The van der Waals surface area contributed by atoms with E-state index in [1.165, 1.54) is 43.3 Å². The first-order chi connectivity index (χ1) is 31.2. The Morgan fingerprint density at radius 2 is 1.72 bits per heavy atom. The van der Waals surface area contributed by atoms with Crippen LogP contribution >= 0.6 is 11.8 Å². The number of likely N-dealkylation sites (tertiary alicyclic amines) is 1. The fourth-order valence-corrected chi connectivity index (χ4v) is 6.50. The van der Waals surface area contributed by atoms with Crippen molar-refractivity contribution in [3.63, 3.8) is 0 Å². The van der Waals surface area contributed by atoms with Gasteiger partial charge in [-0.1, -0.05) is 60.1 Å². The molecule has 6 nitrogen and oxygen atoms in total. The molecule has 0 spiro atoms. The highest BCUT2D eigenvalue weighted by atomic mass is 32.2. The molecule has 0 bridgehead atoms. The number of aromatic nitrogens is 1. The first-order valence-corrected chi connectivity index (χ1v) is 16.9. The number of rotatable bonds is 12.